The fourth-order valence-corrected chi connectivity index (χ4v) is 2.45. The van der Waals surface area contributed by atoms with Gasteiger partial charge in [-0.25, -0.2) is 0 Å². The van der Waals surface area contributed by atoms with Gasteiger partial charge in [-0.1, -0.05) is 11.3 Å². The van der Waals surface area contributed by atoms with E-state index in [4.69, 9.17) is 0 Å². The molecule has 6 nitrogen and oxygen atoms in total. The van der Waals surface area contributed by atoms with Crippen LogP contribution in [0.2, 0.25) is 0 Å². The molecule has 0 spiro atoms. The molecule has 9 heteroatoms. The van der Waals surface area contributed by atoms with Crippen LogP contribution in [0.15, 0.2) is 36.7 Å². The summed E-state index contributed by atoms with van der Waals surface area (Å²) in [5.41, 5.74) is 0.172. The minimum absolute atomic E-state index is 0.172. The second-order valence-electron chi connectivity index (χ2n) is 5.28. The van der Waals surface area contributed by atoms with E-state index in [1.54, 1.807) is 22.0 Å². The van der Waals surface area contributed by atoms with E-state index in [-0.39, 0.29) is 17.4 Å². The summed E-state index contributed by atoms with van der Waals surface area (Å²) >= 11 is 0. The molecule has 0 bridgehead atoms. The van der Waals surface area contributed by atoms with Gasteiger partial charge in [0, 0.05) is 37.3 Å². The van der Waals surface area contributed by atoms with Crippen molar-refractivity contribution in [2.45, 2.75) is 12.9 Å². The fraction of sp³-hybridized carbons (Fsp3) is 0.357. The van der Waals surface area contributed by atoms with Crippen LogP contribution in [0.3, 0.4) is 0 Å². The quantitative estimate of drug-likeness (QED) is 0.862. The van der Waals surface area contributed by atoms with Crippen molar-refractivity contribution in [3.63, 3.8) is 0 Å². The number of hydrogen-bond donors (Lipinski definition) is 0. The maximum atomic E-state index is 12.2. The number of rotatable bonds is 4. The van der Waals surface area contributed by atoms with E-state index in [2.05, 4.69) is 15.0 Å². The fourth-order valence-electron chi connectivity index (χ4n) is 2.45. The largest absolute Gasteiger partial charge is 0.573 e. The zero-order valence-corrected chi connectivity index (χ0v) is 11.9. The van der Waals surface area contributed by atoms with Gasteiger partial charge >= 0.3 is 6.36 Å². The first-order chi connectivity index (χ1) is 10.9. The van der Waals surface area contributed by atoms with Gasteiger partial charge in [-0.2, -0.15) is 0 Å². The average molecular weight is 326 g/mol. The Morgan fingerprint density at radius 3 is 2.78 bits per heavy atom. The lowest BCUT2D eigenvalue weighted by Crippen LogP contribution is -2.51. The summed E-state index contributed by atoms with van der Waals surface area (Å²) in [6.45, 7) is 1.72. The van der Waals surface area contributed by atoms with Gasteiger partial charge in [0.05, 0.1) is 6.20 Å². The summed E-state index contributed by atoms with van der Waals surface area (Å²) in [6.07, 6.45) is -1.46. The number of ether oxygens (including phenoxy) is 1. The number of aromatic nitrogens is 3. The molecule has 1 amide bonds. The zero-order chi connectivity index (χ0) is 16.4. The molecule has 1 fully saturated rings. The number of hydrogen-bond acceptors (Lipinski definition) is 4. The Balaban J connectivity index is 1.58. The maximum Gasteiger partial charge on any atom is 0.573 e. The second-order valence-corrected chi connectivity index (χ2v) is 5.28. The highest BCUT2D eigenvalue weighted by atomic mass is 19.4. The van der Waals surface area contributed by atoms with E-state index in [0.29, 0.717) is 19.6 Å². The molecule has 1 aliphatic heterocycles. The van der Waals surface area contributed by atoms with E-state index in [1.165, 1.54) is 12.1 Å². The molecular formula is C14H13F3N4O2. The zero-order valence-electron chi connectivity index (χ0n) is 11.9. The Bertz CT molecular complexity index is 682. The third kappa shape index (κ3) is 3.79. The third-order valence-electron chi connectivity index (χ3n) is 3.48. The van der Waals surface area contributed by atoms with E-state index in [0.717, 1.165) is 12.1 Å². The average Bonchev–Trinajstić information content (AvgIpc) is 2.93. The Kier molecular flexibility index (Phi) is 3.93. The van der Waals surface area contributed by atoms with Crippen molar-refractivity contribution in [3.05, 3.63) is 42.2 Å². The molecular weight excluding hydrogens is 313 g/mol. The van der Waals surface area contributed by atoms with Crippen LogP contribution >= 0.6 is 0 Å². The first-order valence-corrected chi connectivity index (χ1v) is 6.90. The Hall–Kier alpha value is -2.58. The number of benzene rings is 1. The topological polar surface area (TPSA) is 60.2 Å². The SMILES string of the molecule is O=C(c1cccc(OC(F)(F)F)c1)N1CC(Cn2ccnn2)C1. The predicted molar refractivity (Wildman–Crippen MR) is 72.5 cm³/mol. The minimum atomic E-state index is -4.78. The molecule has 2 heterocycles. The van der Waals surface area contributed by atoms with Crippen molar-refractivity contribution in [3.8, 4) is 5.75 Å². The van der Waals surface area contributed by atoms with Crippen molar-refractivity contribution in [1.82, 2.24) is 19.9 Å². The van der Waals surface area contributed by atoms with E-state index < -0.39 is 12.1 Å². The molecule has 0 aliphatic carbocycles. The van der Waals surface area contributed by atoms with Crippen molar-refractivity contribution in [2.75, 3.05) is 13.1 Å². The van der Waals surface area contributed by atoms with Crippen molar-refractivity contribution in [1.29, 1.82) is 0 Å². The molecule has 0 radical (unpaired) electrons. The van der Waals surface area contributed by atoms with E-state index in [1.807, 2.05) is 0 Å². The molecule has 0 N–H and O–H groups in total. The predicted octanol–water partition coefficient (Wildman–Crippen LogP) is 1.95. The highest BCUT2D eigenvalue weighted by molar-refractivity contribution is 5.95. The van der Waals surface area contributed by atoms with Gasteiger partial charge < -0.3 is 9.64 Å². The van der Waals surface area contributed by atoms with Crippen LogP contribution in [-0.4, -0.2) is 45.3 Å². The third-order valence-corrected chi connectivity index (χ3v) is 3.48. The number of carbonyl (C=O) groups is 1. The van der Waals surface area contributed by atoms with Gasteiger partial charge in [0.2, 0.25) is 0 Å². The smallest absolute Gasteiger partial charge is 0.406 e. The van der Waals surface area contributed by atoms with Crippen molar-refractivity contribution in [2.24, 2.45) is 5.92 Å². The lowest BCUT2D eigenvalue weighted by molar-refractivity contribution is -0.274. The van der Waals surface area contributed by atoms with Crippen LogP contribution in [0.25, 0.3) is 0 Å². The molecule has 1 saturated heterocycles. The number of halogens is 3. The highest BCUT2D eigenvalue weighted by Crippen LogP contribution is 2.25. The van der Waals surface area contributed by atoms with Gasteiger partial charge in [0.25, 0.3) is 5.91 Å². The van der Waals surface area contributed by atoms with Gasteiger partial charge in [0.1, 0.15) is 5.75 Å². The lowest BCUT2D eigenvalue weighted by atomic mass is 9.99. The van der Waals surface area contributed by atoms with Gasteiger partial charge in [-0.3, -0.25) is 9.48 Å². The van der Waals surface area contributed by atoms with Crippen LogP contribution in [0.1, 0.15) is 10.4 Å². The standard InChI is InChI=1S/C14H13F3N4O2/c15-14(16,17)23-12-3-1-2-11(6-12)13(22)20-7-10(8-20)9-21-5-4-18-19-21/h1-6,10H,7-9H2. The van der Waals surface area contributed by atoms with Crippen LogP contribution in [0, 0.1) is 5.92 Å². The second kappa shape index (κ2) is 5.90. The molecule has 0 unspecified atom stereocenters. The molecule has 0 saturated carbocycles. The molecule has 1 aromatic carbocycles. The molecule has 0 atom stereocenters. The molecule has 1 aliphatic rings. The number of alkyl halides is 3. The molecule has 1 aromatic heterocycles. The number of likely N-dealkylation sites (tertiary alicyclic amines) is 1. The maximum absolute atomic E-state index is 12.2. The van der Waals surface area contributed by atoms with Crippen LogP contribution in [0.5, 0.6) is 5.75 Å². The molecule has 122 valence electrons. The van der Waals surface area contributed by atoms with Crippen molar-refractivity contribution < 1.29 is 22.7 Å². The monoisotopic (exact) mass is 326 g/mol. The Morgan fingerprint density at radius 2 is 2.13 bits per heavy atom. The van der Waals surface area contributed by atoms with Crippen LogP contribution < -0.4 is 4.74 Å². The first kappa shape index (κ1) is 15.3. The Labute approximate surface area is 129 Å². The summed E-state index contributed by atoms with van der Waals surface area (Å²) in [6, 6.07) is 5.09. The van der Waals surface area contributed by atoms with Crippen molar-refractivity contribution >= 4 is 5.91 Å². The summed E-state index contributed by atoms with van der Waals surface area (Å²) < 4.78 is 42.1. The number of amides is 1. The normalized spacial score (nSPS) is 15.3. The summed E-state index contributed by atoms with van der Waals surface area (Å²) in [4.78, 5) is 13.8. The van der Waals surface area contributed by atoms with Crippen LogP contribution in [0.4, 0.5) is 13.2 Å². The van der Waals surface area contributed by atoms with Crippen LogP contribution in [-0.2, 0) is 6.54 Å². The van der Waals surface area contributed by atoms with Gasteiger partial charge in [0.15, 0.2) is 0 Å². The summed E-state index contributed by atoms with van der Waals surface area (Å²) in [5.74, 6) is -0.453. The van der Waals surface area contributed by atoms with Gasteiger partial charge in [-0.15, -0.1) is 18.3 Å². The number of nitrogens with zero attached hydrogens (tertiary/aromatic N) is 4. The highest BCUT2D eigenvalue weighted by Gasteiger charge is 2.33. The minimum Gasteiger partial charge on any atom is -0.406 e. The lowest BCUT2D eigenvalue weighted by Gasteiger charge is -2.39. The van der Waals surface area contributed by atoms with E-state index in [9.17, 15) is 18.0 Å². The molecule has 3 rings (SSSR count). The van der Waals surface area contributed by atoms with Gasteiger partial charge in [-0.05, 0) is 18.2 Å². The molecule has 2 aromatic rings. The molecule has 23 heavy (non-hydrogen) atoms. The van der Waals surface area contributed by atoms with E-state index >= 15 is 0 Å². The summed E-state index contributed by atoms with van der Waals surface area (Å²) in [7, 11) is 0. The number of carbonyl (C=O) groups excluding carboxylic acids is 1. The Morgan fingerprint density at radius 1 is 1.35 bits per heavy atom. The summed E-state index contributed by atoms with van der Waals surface area (Å²) in [5, 5.41) is 7.55. The first-order valence-electron chi connectivity index (χ1n) is 6.90.